The first kappa shape index (κ1) is 6.64. The highest BCUT2D eigenvalue weighted by Gasteiger charge is 1.96. The lowest BCUT2D eigenvalue weighted by molar-refractivity contribution is 0.184. The second kappa shape index (κ2) is 2.89. The van der Waals surface area contributed by atoms with Gasteiger partial charge in [0.1, 0.15) is 10.0 Å². The standard InChI is InChI=1S/C5H8N2OS/c1-4-6-7-5(9-4)3-8-2/h3H2,1-2H3. The number of hydrogen-bond donors (Lipinski definition) is 0. The van der Waals surface area contributed by atoms with Gasteiger partial charge in [-0.25, -0.2) is 0 Å². The molecule has 0 aliphatic carbocycles. The van der Waals surface area contributed by atoms with E-state index in [4.69, 9.17) is 4.74 Å². The topological polar surface area (TPSA) is 35.0 Å². The van der Waals surface area contributed by atoms with Gasteiger partial charge in [0.15, 0.2) is 0 Å². The summed E-state index contributed by atoms with van der Waals surface area (Å²) in [6, 6.07) is 0. The third-order valence-corrected chi connectivity index (χ3v) is 1.65. The molecule has 9 heavy (non-hydrogen) atoms. The highest BCUT2D eigenvalue weighted by molar-refractivity contribution is 7.11. The van der Waals surface area contributed by atoms with Gasteiger partial charge in [-0.2, -0.15) is 0 Å². The van der Waals surface area contributed by atoms with E-state index in [1.54, 1.807) is 18.4 Å². The molecule has 0 aromatic carbocycles. The molecule has 0 amide bonds. The zero-order chi connectivity index (χ0) is 6.69. The van der Waals surface area contributed by atoms with E-state index in [0.717, 1.165) is 10.0 Å². The quantitative estimate of drug-likeness (QED) is 0.621. The van der Waals surface area contributed by atoms with Gasteiger partial charge < -0.3 is 4.74 Å². The van der Waals surface area contributed by atoms with Gasteiger partial charge in [-0.3, -0.25) is 0 Å². The van der Waals surface area contributed by atoms with Crippen LogP contribution in [-0.2, 0) is 11.3 Å². The average Bonchev–Trinajstić information content (AvgIpc) is 2.17. The molecule has 0 aliphatic rings. The summed E-state index contributed by atoms with van der Waals surface area (Å²) in [6.45, 7) is 2.50. The van der Waals surface area contributed by atoms with Gasteiger partial charge in [-0.15, -0.1) is 10.2 Å². The molecule has 0 spiro atoms. The van der Waals surface area contributed by atoms with Crippen molar-refractivity contribution < 1.29 is 4.74 Å². The Hall–Kier alpha value is -0.480. The van der Waals surface area contributed by atoms with E-state index >= 15 is 0 Å². The fourth-order valence-corrected chi connectivity index (χ4v) is 1.20. The van der Waals surface area contributed by atoms with Crippen LogP contribution >= 0.6 is 11.3 Å². The first-order valence-corrected chi connectivity index (χ1v) is 3.42. The van der Waals surface area contributed by atoms with Crippen LogP contribution in [0.15, 0.2) is 0 Å². The van der Waals surface area contributed by atoms with Crippen LogP contribution in [0, 0.1) is 6.92 Å². The predicted octanol–water partition coefficient (Wildman–Crippen LogP) is 0.993. The first-order chi connectivity index (χ1) is 4.33. The number of rotatable bonds is 2. The Morgan fingerprint density at radius 3 is 2.78 bits per heavy atom. The predicted molar refractivity (Wildman–Crippen MR) is 35.4 cm³/mol. The molecule has 3 nitrogen and oxygen atoms in total. The highest BCUT2D eigenvalue weighted by Crippen LogP contribution is 2.07. The largest absolute Gasteiger partial charge is 0.377 e. The maximum atomic E-state index is 4.85. The maximum Gasteiger partial charge on any atom is 0.143 e. The van der Waals surface area contributed by atoms with Gasteiger partial charge in [-0.05, 0) is 6.92 Å². The number of aryl methyl sites for hydroxylation is 1. The second-order valence-corrected chi connectivity index (χ2v) is 2.91. The molecule has 0 bridgehead atoms. The number of aromatic nitrogens is 2. The lowest BCUT2D eigenvalue weighted by atomic mass is 10.8. The van der Waals surface area contributed by atoms with E-state index in [-0.39, 0.29) is 0 Å². The van der Waals surface area contributed by atoms with Crippen LogP contribution in [0.4, 0.5) is 0 Å². The molecule has 1 aromatic rings. The molecule has 0 fully saturated rings. The summed E-state index contributed by atoms with van der Waals surface area (Å²) in [7, 11) is 1.65. The summed E-state index contributed by atoms with van der Waals surface area (Å²) < 4.78 is 4.85. The van der Waals surface area contributed by atoms with Crippen molar-refractivity contribution in [1.29, 1.82) is 0 Å². The van der Waals surface area contributed by atoms with Crippen LogP contribution < -0.4 is 0 Å². The van der Waals surface area contributed by atoms with Crippen molar-refractivity contribution in [2.24, 2.45) is 0 Å². The SMILES string of the molecule is COCc1nnc(C)s1. The van der Waals surface area contributed by atoms with Crippen molar-refractivity contribution in [3.8, 4) is 0 Å². The molecule has 0 unspecified atom stereocenters. The second-order valence-electron chi connectivity index (χ2n) is 1.65. The molecule has 50 valence electrons. The van der Waals surface area contributed by atoms with E-state index in [1.807, 2.05) is 6.92 Å². The highest BCUT2D eigenvalue weighted by atomic mass is 32.1. The third-order valence-electron chi connectivity index (χ3n) is 0.836. The molecule has 0 aliphatic heterocycles. The summed E-state index contributed by atoms with van der Waals surface area (Å²) in [5.74, 6) is 0. The van der Waals surface area contributed by atoms with Gasteiger partial charge in [0.2, 0.25) is 0 Å². The van der Waals surface area contributed by atoms with Crippen LogP contribution in [0.2, 0.25) is 0 Å². The van der Waals surface area contributed by atoms with E-state index in [2.05, 4.69) is 10.2 Å². The van der Waals surface area contributed by atoms with Gasteiger partial charge in [-0.1, -0.05) is 11.3 Å². The Labute approximate surface area is 57.7 Å². The Morgan fingerprint density at radius 2 is 2.33 bits per heavy atom. The van der Waals surface area contributed by atoms with Crippen LogP contribution in [0.1, 0.15) is 10.0 Å². The number of nitrogens with zero attached hydrogens (tertiary/aromatic N) is 2. The summed E-state index contributed by atoms with van der Waals surface area (Å²) in [6.07, 6.45) is 0. The van der Waals surface area contributed by atoms with Crippen molar-refractivity contribution in [3.63, 3.8) is 0 Å². The van der Waals surface area contributed by atoms with Crippen LogP contribution in [0.25, 0.3) is 0 Å². The van der Waals surface area contributed by atoms with Crippen molar-refractivity contribution in [3.05, 3.63) is 10.0 Å². The fourth-order valence-electron chi connectivity index (χ4n) is 0.519. The zero-order valence-corrected chi connectivity index (χ0v) is 6.23. The zero-order valence-electron chi connectivity index (χ0n) is 5.42. The lowest BCUT2D eigenvalue weighted by Crippen LogP contribution is -1.84. The lowest BCUT2D eigenvalue weighted by Gasteiger charge is -1.86. The molecule has 0 saturated heterocycles. The summed E-state index contributed by atoms with van der Waals surface area (Å²) in [5.41, 5.74) is 0. The Kier molecular flexibility index (Phi) is 2.13. The van der Waals surface area contributed by atoms with Crippen molar-refractivity contribution in [2.75, 3.05) is 7.11 Å². The summed E-state index contributed by atoms with van der Waals surface area (Å²) in [4.78, 5) is 0. The van der Waals surface area contributed by atoms with Crippen molar-refractivity contribution in [1.82, 2.24) is 10.2 Å². The Morgan fingerprint density at radius 1 is 1.56 bits per heavy atom. The summed E-state index contributed by atoms with van der Waals surface area (Å²) in [5, 5.41) is 9.60. The van der Waals surface area contributed by atoms with E-state index in [9.17, 15) is 0 Å². The smallest absolute Gasteiger partial charge is 0.143 e. The van der Waals surface area contributed by atoms with Gasteiger partial charge >= 0.3 is 0 Å². The molecular formula is C5H8N2OS. The van der Waals surface area contributed by atoms with Crippen LogP contribution in [0.5, 0.6) is 0 Å². The van der Waals surface area contributed by atoms with E-state index in [1.165, 1.54) is 0 Å². The molecule has 4 heteroatoms. The molecular weight excluding hydrogens is 136 g/mol. The minimum absolute atomic E-state index is 0.575. The Balaban J connectivity index is 2.61. The summed E-state index contributed by atoms with van der Waals surface area (Å²) >= 11 is 1.57. The molecule has 0 N–H and O–H groups in total. The minimum Gasteiger partial charge on any atom is -0.377 e. The minimum atomic E-state index is 0.575. The number of methoxy groups -OCH3 is 1. The molecule has 0 atom stereocenters. The van der Waals surface area contributed by atoms with Gasteiger partial charge in [0.05, 0.1) is 6.61 Å². The molecule has 0 saturated carbocycles. The van der Waals surface area contributed by atoms with Crippen LogP contribution in [-0.4, -0.2) is 17.3 Å². The average molecular weight is 144 g/mol. The van der Waals surface area contributed by atoms with Crippen LogP contribution in [0.3, 0.4) is 0 Å². The molecule has 0 radical (unpaired) electrons. The van der Waals surface area contributed by atoms with E-state index < -0.39 is 0 Å². The van der Waals surface area contributed by atoms with Crippen molar-refractivity contribution in [2.45, 2.75) is 13.5 Å². The van der Waals surface area contributed by atoms with Gasteiger partial charge in [0, 0.05) is 7.11 Å². The van der Waals surface area contributed by atoms with Gasteiger partial charge in [0.25, 0.3) is 0 Å². The number of ether oxygens (including phenoxy) is 1. The fraction of sp³-hybridized carbons (Fsp3) is 0.600. The molecule has 1 heterocycles. The molecule has 1 aromatic heterocycles. The number of hydrogen-bond acceptors (Lipinski definition) is 4. The first-order valence-electron chi connectivity index (χ1n) is 2.61. The normalized spacial score (nSPS) is 10.0. The Bertz CT molecular complexity index is 187. The monoisotopic (exact) mass is 144 g/mol. The maximum absolute atomic E-state index is 4.85. The third kappa shape index (κ3) is 1.73. The van der Waals surface area contributed by atoms with E-state index in [0.29, 0.717) is 6.61 Å². The molecule has 1 rings (SSSR count). The van der Waals surface area contributed by atoms with Crippen molar-refractivity contribution >= 4 is 11.3 Å².